The molecule has 0 saturated carbocycles. The molecule has 0 bridgehead atoms. The van der Waals surface area contributed by atoms with Crippen LogP contribution in [0.15, 0.2) is 23.1 Å². The number of hydrogen-bond acceptors (Lipinski definition) is 4. The van der Waals surface area contributed by atoms with Crippen LogP contribution in [0.2, 0.25) is 0 Å². The van der Waals surface area contributed by atoms with E-state index < -0.39 is 9.84 Å². The highest BCUT2D eigenvalue weighted by atomic mass is 32.2. The fourth-order valence-corrected chi connectivity index (χ4v) is 3.64. The number of sulfone groups is 1. The minimum atomic E-state index is -3.15. The van der Waals surface area contributed by atoms with Gasteiger partial charge < -0.3 is 9.80 Å². The predicted molar refractivity (Wildman–Crippen MR) is 78.6 cm³/mol. The lowest BCUT2D eigenvalue weighted by molar-refractivity contribution is 0.271. The van der Waals surface area contributed by atoms with Crippen molar-refractivity contribution in [1.29, 1.82) is 0 Å². The molecule has 2 rings (SSSR count). The van der Waals surface area contributed by atoms with E-state index in [0.717, 1.165) is 44.0 Å². The maximum atomic E-state index is 11.8. The zero-order chi connectivity index (χ0) is 14.0. The maximum absolute atomic E-state index is 11.8. The Kier molecular flexibility index (Phi) is 4.16. The van der Waals surface area contributed by atoms with Crippen LogP contribution < -0.4 is 4.90 Å². The molecule has 0 N–H and O–H groups in total. The molecule has 106 valence electrons. The lowest BCUT2D eigenvalue weighted by Gasteiger charge is -2.36. The number of hydrogen-bond donors (Lipinski definition) is 0. The summed E-state index contributed by atoms with van der Waals surface area (Å²) in [5, 5.41) is 0. The zero-order valence-corrected chi connectivity index (χ0v) is 12.7. The van der Waals surface area contributed by atoms with E-state index in [2.05, 4.69) is 16.7 Å². The normalized spacial score (nSPS) is 17.7. The van der Waals surface area contributed by atoms with Crippen LogP contribution in [0.3, 0.4) is 0 Å². The highest BCUT2D eigenvalue weighted by Crippen LogP contribution is 2.27. The first kappa shape index (κ1) is 14.3. The lowest BCUT2D eigenvalue weighted by atomic mass is 10.1. The molecule has 19 heavy (non-hydrogen) atoms. The molecule has 0 aromatic heterocycles. The molecule has 1 fully saturated rings. The standard InChI is InChI=1S/C14H22N2O2S/c1-4-15-8-10-16(11-9-15)13-6-5-7-14(12(13)2)19(3,17)18/h5-7H,4,8-11H2,1-3H3. The Balaban J connectivity index is 2.27. The van der Waals surface area contributed by atoms with Gasteiger partial charge in [0, 0.05) is 38.1 Å². The Bertz CT molecular complexity index is 547. The summed E-state index contributed by atoms with van der Waals surface area (Å²) in [6, 6.07) is 5.55. The van der Waals surface area contributed by atoms with Crippen molar-refractivity contribution < 1.29 is 8.42 Å². The van der Waals surface area contributed by atoms with Crippen molar-refractivity contribution in [2.45, 2.75) is 18.7 Å². The maximum Gasteiger partial charge on any atom is 0.175 e. The average molecular weight is 282 g/mol. The Morgan fingerprint density at radius 2 is 1.79 bits per heavy atom. The van der Waals surface area contributed by atoms with E-state index in [1.807, 2.05) is 19.1 Å². The Labute approximate surface area is 115 Å². The van der Waals surface area contributed by atoms with Crippen LogP contribution in [0.25, 0.3) is 0 Å². The van der Waals surface area contributed by atoms with Crippen molar-refractivity contribution in [2.24, 2.45) is 0 Å². The van der Waals surface area contributed by atoms with Crippen LogP contribution in [0.1, 0.15) is 12.5 Å². The Morgan fingerprint density at radius 1 is 1.16 bits per heavy atom. The number of nitrogens with zero attached hydrogens (tertiary/aromatic N) is 2. The van der Waals surface area contributed by atoms with Gasteiger partial charge in [-0.15, -0.1) is 0 Å². The van der Waals surface area contributed by atoms with Gasteiger partial charge in [0.05, 0.1) is 4.90 Å². The first-order valence-corrected chi connectivity index (χ1v) is 8.59. The van der Waals surface area contributed by atoms with Crippen LogP contribution in [-0.2, 0) is 9.84 Å². The topological polar surface area (TPSA) is 40.6 Å². The summed E-state index contributed by atoms with van der Waals surface area (Å²) in [5.74, 6) is 0. The predicted octanol–water partition coefficient (Wildman–Crippen LogP) is 1.54. The minimum Gasteiger partial charge on any atom is -0.369 e. The van der Waals surface area contributed by atoms with E-state index in [-0.39, 0.29) is 0 Å². The van der Waals surface area contributed by atoms with Crippen molar-refractivity contribution in [3.63, 3.8) is 0 Å². The van der Waals surface area contributed by atoms with Crippen molar-refractivity contribution in [1.82, 2.24) is 4.90 Å². The Morgan fingerprint density at radius 3 is 2.32 bits per heavy atom. The van der Waals surface area contributed by atoms with Gasteiger partial charge in [-0.25, -0.2) is 8.42 Å². The molecule has 0 unspecified atom stereocenters. The summed E-state index contributed by atoms with van der Waals surface area (Å²) in [6.45, 7) is 9.15. The van der Waals surface area contributed by atoms with E-state index in [1.54, 1.807) is 6.07 Å². The summed E-state index contributed by atoms with van der Waals surface area (Å²) >= 11 is 0. The summed E-state index contributed by atoms with van der Waals surface area (Å²) in [5.41, 5.74) is 1.92. The third-order valence-corrected chi connectivity index (χ3v) is 5.06. The minimum absolute atomic E-state index is 0.447. The van der Waals surface area contributed by atoms with Crippen molar-refractivity contribution >= 4 is 15.5 Å². The molecule has 1 aliphatic heterocycles. The molecule has 0 amide bonds. The van der Waals surface area contributed by atoms with Crippen LogP contribution in [0, 0.1) is 6.92 Å². The molecule has 1 heterocycles. The second-order valence-electron chi connectivity index (χ2n) is 5.09. The van der Waals surface area contributed by atoms with E-state index in [4.69, 9.17) is 0 Å². The summed E-state index contributed by atoms with van der Waals surface area (Å²) in [4.78, 5) is 5.14. The fraction of sp³-hybridized carbons (Fsp3) is 0.571. The van der Waals surface area contributed by atoms with Crippen molar-refractivity contribution in [3.05, 3.63) is 23.8 Å². The third kappa shape index (κ3) is 3.09. The third-order valence-electron chi connectivity index (χ3n) is 3.82. The molecule has 1 aromatic rings. The van der Waals surface area contributed by atoms with Crippen LogP contribution >= 0.6 is 0 Å². The van der Waals surface area contributed by atoms with Gasteiger partial charge in [-0.3, -0.25) is 0 Å². The fourth-order valence-electron chi connectivity index (χ4n) is 2.65. The van der Waals surface area contributed by atoms with Gasteiger partial charge in [-0.2, -0.15) is 0 Å². The number of piperazine rings is 1. The second kappa shape index (κ2) is 5.51. The second-order valence-corrected chi connectivity index (χ2v) is 7.08. The van der Waals surface area contributed by atoms with E-state index in [9.17, 15) is 8.42 Å². The number of likely N-dealkylation sites (N-methyl/N-ethyl adjacent to an activating group) is 1. The first-order chi connectivity index (χ1) is 8.93. The molecule has 4 nitrogen and oxygen atoms in total. The molecule has 1 aliphatic rings. The van der Waals surface area contributed by atoms with Crippen molar-refractivity contribution in [2.75, 3.05) is 43.9 Å². The van der Waals surface area contributed by atoms with E-state index in [0.29, 0.717) is 4.90 Å². The van der Waals surface area contributed by atoms with E-state index in [1.165, 1.54) is 6.26 Å². The molecular formula is C14H22N2O2S. The van der Waals surface area contributed by atoms with Gasteiger partial charge in [-0.05, 0) is 31.2 Å². The highest BCUT2D eigenvalue weighted by molar-refractivity contribution is 7.90. The molecule has 1 aromatic carbocycles. The lowest BCUT2D eigenvalue weighted by Crippen LogP contribution is -2.46. The van der Waals surface area contributed by atoms with Gasteiger partial charge in [-0.1, -0.05) is 13.0 Å². The summed E-state index contributed by atoms with van der Waals surface area (Å²) in [6.07, 6.45) is 1.27. The number of anilines is 1. The quantitative estimate of drug-likeness (QED) is 0.843. The summed E-state index contributed by atoms with van der Waals surface area (Å²) < 4.78 is 23.5. The zero-order valence-electron chi connectivity index (χ0n) is 11.9. The SMILES string of the molecule is CCN1CCN(c2cccc(S(C)(=O)=O)c2C)CC1. The average Bonchev–Trinajstić information content (AvgIpc) is 2.38. The number of rotatable bonds is 3. The molecule has 5 heteroatoms. The molecule has 0 aliphatic carbocycles. The van der Waals surface area contributed by atoms with Crippen LogP contribution in [0.4, 0.5) is 5.69 Å². The van der Waals surface area contributed by atoms with Crippen molar-refractivity contribution in [3.8, 4) is 0 Å². The van der Waals surface area contributed by atoms with Gasteiger partial charge in [0.1, 0.15) is 0 Å². The molecule has 1 saturated heterocycles. The molecule has 0 radical (unpaired) electrons. The largest absolute Gasteiger partial charge is 0.369 e. The van der Waals surface area contributed by atoms with E-state index >= 15 is 0 Å². The van der Waals surface area contributed by atoms with Gasteiger partial charge in [0.2, 0.25) is 0 Å². The molecular weight excluding hydrogens is 260 g/mol. The van der Waals surface area contributed by atoms with Crippen LogP contribution in [-0.4, -0.2) is 52.3 Å². The monoisotopic (exact) mass is 282 g/mol. The smallest absolute Gasteiger partial charge is 0.175 e. The molecule has 0 spiro atoms. The van der Waals surface area contributed by atoms with Crippen LogP contribution in [0.5, 0.6) is 0 Å². The van der Waals surface area contributed by atoms with Gasteiger partial charge in [0.15, 0.2) is 9.84 Å². The summed E-state index contributed by atoms with van der Waals surface area (Å²) in [7, 11) is -3.15. The first-order valence-electron chi connectivity index (χ1n) is 6.70. The Hall–Kier alpha value is -1.07. The van der Waals surface area contributed by atoms with Gasteiger partial charge in [0.25, 0.3) is 0 Å². The number of benzene rings is 1. The highest BCUT2D eigenvalue weighted by Gasteiger charge is 2.20. The van der Waals surface area contributed by atoms with Gasteiger partial charge >= 0.3 is 0 Å². The molecule has 0 atom stereocenters.